The molecule has 0 spiro atoms. The molecule has 3 saturated carbocycles. The van der Waals surface area contributed by atoms with Crippen molar-refractivity contribution in [2.75, 3.05) is 0 Å². The van der Waals surface area contributed by atoms with Crippen molar-refractivity contribution in [3.63, 3.8) is 0 Å². The lowest BCUT2D eigenvalue weighted by molar-refractivity contribution is -0.214. The van der Waals surface area contributed by atoms with E-state index in [1.165, 1.54) is 19.3 Å². The molecule has 3 aliphatic carbocycles. The van der Waals surface area contributed by atoms with Crippen LogP contribution in [-0.4, -0.2) is 21.4 Å². The fourth-order valence-electron chi connectivity index (χ4n) is 6.48. The minimum atomic E-state index is -0.862. The number of fused-ring (bicyclic) bond motifs is 3. The van der Waals surface area contributed by atoms with Crippen molar-refractivity contribution < 1.29 is 10.2 Å². The van der Waals surface area contributed by atoms with Crippen LogP contribution in [-0.2, 0) is 0 Å². The lowest BCUT2D eigenvalue weighted by Crippen LogP contribution is -2.62. The molecule has 3 rings (SSSR count). The van der Waals surface area contributed by atoms with Gasteiger partial charge in [0.2, 0.25) is 0 Å². The zero-order valence-electron chi connectivity index (χ0n) is 14.0. The van der Waals surface area contributed by atoms with Gasteiger partial charge in [-0.05, 0) is 61.2 Å². The van der Waals surface area contributed by atoms with Crippen LogP contribution in [0.25, 0.3) is 0 Å². The molecular formula is C19H32O2. The molecule has 21 heavy (non-hydrogen) atoms. The molecule has 1 unspecified atom stereocenters. The summed E-state index contributed by atoms with van der Waals surface area (Å²) in [7, 11) is 0. The third kappa shape index (κ3) is 2.21. The fraction of sp³-hybridized carbons (Fsp3) is 0.895. The summed E-state index contributed by atoms with van der Waals surface area (Å²) in [6.07, 6.45) is 9.60. The van der Waals surface area contributed by atoms with Crippen LogP contribution >= 0.6 is 0 Å². The first kappa shape index (κ1) is 15.6. The molecule has 0 aromatic heterocycles. The molecular weight excluding hydrogens is 260 g/mol. The van der Waals surface area contributed by atoms with E-state index in [1.807, 2.05) is 0 Å². The third-order valence-electron chi connectivity index (χ3n) is 7.44. The van der Waals surface area contributed by atoms with E-state index in [2.05, 4.69) is 27.4 Å². The average molecular weight is 292 g/mol. The first-order chi connectivity index (χ1) is 9.65. The van der Waals surface area contributed by atoms with Gasteiger partial charge in [0.1, 0.15) is 0 Å². The van der Waals surface area contributed by atoms with Crippen LogP contribution in [0.3, 0.4) is 0 Å². The van der Waals surface area contributed by atoms with Crippen LogP contribution in [0.2, 0.25) is 0 Å². The second kappa shape index (κ2) is 4.58. The molecule has 0 amide bonds. The molecule has 0 aromatic rings. The Morgan fingerprint density at radius 1 is 0.952 bits per heavy atom. The molecule has 0 heterocycles. The highest BCUT2D eigenvalue weighted by molar-refractivity contribution is 5.15. The minimum Gasteiger partial charge on any atom is -0.389 e. The van der Waals surface area contributed by atoms with Crippen LogP contribution in [0.15, 0.2) is 12.7 Å². The molecule has 2 heteroatoms. The van der Waals surface area contributed by atoms with Gasteiger partial charge < -0.3 is 10.2 Å². The van der Waals surface area contributed by atoms with Gasteiger partial charge in [0, 0.05) is 6.42 Å². The van der Waals surface area contributed by atoms with Gasteiger partial charge >= 0.3 is 0 Å². The van der Waals surface area contributed by atoms with Crippen LogP contribution in [0.4, 0.5) is 0 Å². The van der Waals surface area contributed by atoms with E-state index in [1.54, 1.807) is 6.08 Å². The standard InChI is InChI=1S/C19H32O2/c1-5-18(20)11-7-15-17(4)10-6-9-16(2,3)14(17)8-12-19(15,21)13-18/h5,14-15,20-21H,1,6-13H2,2-4H3/t14?,15-,17+,18-,19-/m1/s1. The first-order valence-electron chi connectivity index (χ1n) is 8.74. The Hall–Kier alpha value is -0.340. The summed E-state index contributed by atoms with van der Waals surface area (Å²) in [5.41, 5.74) is -0.934. The molecule has 2 nitrogen and oxygen atoms in total. The molecule has 120 valence electrons. The summed E-state index contributed by atoms with van der Waals surface area (Å²) >= 11 is 0. The van der Waals surface area contributed by atoms with E-state index in [0.29, 0.717) is 23.7 Å². The highest BCUT2D eigenvalue weighted by Gasteiger charge is 2.61. The van der Waals surface area contributed by atoms with Crippen LogP contribution in [0.5, 0.6) is 0 Å². The average Bonchev–Trinajstić information content (AvgIpc) is 2.36. The zero-order chi connectivity index (χ0) is 15.5. The predicted molar refractivity (Wildman–Crippen MR) is 85.9 cm³/mol. The lowest BCUT2D eigenvalue weighted by Gasteiger charge is -2.64. The van der Waals surface area contributed by atoms with Crippen molar-refractivity contribution >= 4 is 0 Å². The Morgan fingerprint density at radius 2 is 1.62 bits per heavy atom. The topological polar surface area (TPSA) is 40.5 Å². The Bertz CT molecular complexity index is 443. The van der Waals surface area contributed by atoms with Crippen LogP contribution in [0, 0.1) is 22.7 Å². The first-order valence-corrected chi connectivity index (χ1v) is 8.74. The number of hydrogen-bond acceptors (Lipinski definition) is 2. The Balaban J connectivity index is 1.94. The number of rotatable bonds is 1. The van der Waals surface area contributed by atoms with Gasteiger partial charge in [-0.25, -0.2) is 0 Å². The van der Waals surface area contributed by atoms with Crippen LogP contribution in [0.1, 0.15) is 72.1 Å². The van der Waals surface area contributed by atoms with Gasteiger partial charge in [0.05, 0.1) is 11.2 Å². The Labute approximate surface area is 129 Å². The van der Waals surface area contributed by atoms with E-state index in [4.69, 9.17) is 0 Å². The molecule has 3 aliphatic rings. The van der Waals surface area contributed by atoms with Crippen molar-refractivity contribution in [2.45, 2.75) is 83.3 Å². The molecule has 0 radical (unpaired) electrons. The maximum Gasteiger partial charge on any atom is 0.0852 e. The van der Waals surface area contributed by atoms with Crippen molar-refractivity contribution in [3.05, 3.63) is 12.7 Å². The van der Waals surface area contributed by atoms with E-state index in [-0.39, 0.29) is 5.41 Å². The van der Waals surface area contributed by atoms with E-state index < -0.39 is 11.2 Å². The monoisotopic (exact) mass is 292 g/mol. The second-order valence-corrected chi connectivity index (χ2v) is 9.12. The molecule has 0 aliphatic heterocycles. The normalized spacial score (nSPS) is 52.6. The number of aliphatic hydroxyl groups is 2. The smallest absolute Gasteiger partial charge is 0.0852 e. The van der Waals surface area contributed by atoms with Crippen molar-refractivity contribution in [1.82, 2.24) is 0 Å². The highest BCUT2D eigenvalue weighted by atomic mass is 16.3. The van der Waals surface area contributed by atoms with Gasteiger partial charge in [-0.15, -0.1) is 6.58 Å². The summed E-state index contributed by atoms with van der Waals surface area (Å²) in [4.78, 5) is 0. The third-order valence-corrected chi connectivity index (χ3v) is 7.44. The lowest BCUT2D eigenvalue weighted by atomic mass is 9.43. The van der Waals surface area contributed by atoms with E-state index >= 15 is 0 Å². The second-order valence-electron chi connectivity index (χ2n) is 9.12. The molecule has 0 aromatic carbocycles. The van der Waals surface area contributed by atoms with Crippen molar-refractivity contribution in [2.24, 2.45) is 22.7 Å². The summed E-state index contributed by atoms with van der Waals surface area (Å²) in [5, 5.41) is 21.9. The van der Waals surface area contributed by atoms with E-state index in [0.717, 1.165) is 25.7 Å². The highest BCUT2D eigenvalue weighted by Crippen LogP contribution is 2.65. The van der Waals surface area contributed by atoms with Crippen LogP contribution < -0.4 is 0 Å². The van der Waals surface area contributed by atoms with Crippen molar-refractivity contribution in [3.8, 4) is 0 Å². The van der Waals surface area contributed by atoms with E-state index in [9.17, 15) is 10.2 Å². The molecule has 0 saturated heterocycles. The van der Waals surface area contributed by atoms with Gasteiger partial charge in [-0.3, -0.25) is 0 Å². The number of hydrogen-bond donors (Lipinski definition) is 2. The largest absolute Gasteiger partial charge is 0.389 e. The Morgan fingerprint density at radius 3 is 2.29 bits per heavy atom. The fourth-order valence-corrected chi connectivity index (χ4v) is 6.48. The summed E-state index contributed by atoms with van der Waals surface area (Å²) < 4.78 is 0. The van der Waals surface area contributed by atoms with Gasteiger partial charge in [-0.2, -0.15) is 0 Å². The summed E-state index contributed by atoms with van der Waals surface area (Å²) in [6, 6.07) is 0. The SMILES string of the molecule is C=C[C@@]1(O)CC[C@H]2[C@@](O)(CCC3C(C)(C)CCC[C@@]32C)C1. The zero-order valence-corrected chi connectivity index (χ0v) is 14.0. The molecule has 0 bridgehead atoms. The van der Waals surface area contributed by atoms with Gasteiger partial charge in [0.25, 0.3) is 0 Å². The van der Waals surface area contributed by atoms with Gasteiger partial charge in [0.15, 0.2) is 0 Å². The summed E-state index contributed by atoms with van der Waals surface area (Å²) in [6.45, 7) is 11.0. The summed E-state index contributed by atoms with van der Waals surface area (Å²) in [5.74, 6) is 1.04. The molecule has 3 fully saturated rings. The molecule has 2 N–H and O–H groups in total. The minimum absolute atomic E-state index is 0.233. The van der Waals surface area contributed by atoms with Gasteiger partial charge in [-0.1, -0.05) is 33.3 Å². The van der Waals surface area contributed by atoms with Crippen molar-refractivity contribution in [1.29, 1.82) is 0 Å². The quantitative estimate of drug-likeness (QED) is 0.715. The predicted octanol–water partition coefficient (Wildman–Crippen LogP) is 4.06. The maximum absolute atomic E-state index is 11.3. The molecule has 5 atom stereocenters. The maximum atomic E-state index is 11.3. The Kier molecular flexibility index (Phi) is 3.39.